The normalized spacial score (nSPS) is 11.9. The Morgan fingerprint density at radius 1 is 0.818 bits per heavy atom. The fraction of sp³-hybridized carbons (Fsp3) is 0.100. The zero-order valence-corrected chi connectivity index (χ0v) is 13.1. The second-order valence-electron chi connectivity index (χ2n) is 5.09. The molecule has 3 aromatic rings. The Kier molecular flexibility index (Phi) is 4.45. The summed E-state index contributed by atoms with van der Waals surface area (Å²) in [6, 6.07) is 26.5. The van der Waals surface area contributed by atoms with Crippen LogP contribution in [-0.4, -0.2) is 7.11 Å². The van der Waals surface area contributed by atoms with E-state index in [-0.39, 0.29) is 5.38 Å². The molecule has 3 rings (SSSR count). The highest BCUT2D eigenvalue weighted by Gasteiger charge is 2.16. The molecular formula is C20H17ClO. The van der Waals surface area contributed by atoms with Gasteiger partial charge in [0, 0.05) is 0 Å². The molecule has 0 amide bonds. The summed E-state index contributed by atoms with van der Waals surface area (Å²) < 4.78 is 5.37. The number of alkyl halides is 1. The van der Waals surface area contributed by atoms with Crippen LogP contribution in [0.5, 0.6) is 5.75 Å². The highest BCUT2D eigenvalue weighted by atomic mass is 35.5. The molecule has 0 aliphatic rings. The lowest BCUT2D eigenvalue weighted by atomic mass is 9.94. The zero-order valence-electron chi connectivity index (χ0n) is 12.4. The third-order valence-corrected chi connectivity index (χ3v) is 4.20. The Labute approximate surface area is 136 Å². The van der Waals surface area contributed by atoms with Crippen LogP contribution in [0.4, 0.5) is 0 Å². The summed E-state index contributed by atoms with van der Waals surface area (Å²) in [5.74, 6) is 0.816. The van der Waals surface area contributed by atoms with Crippen LogP contribution in [0.3, 0.4) is 0 Å². The Balaban J connectivity index is 2.12. The molecule has 0 heterocycles. The number of hydrogen-bond acceptors (Lipinski definition) is 1. The number of ether oxygens (including phenoxy) is 1. The van der Waals surface area contributed by atoms with Crippen LogP contribution in [0.25, 0.3) is 11.1 Å². The van der Waals surface area contributed by atoms with Gasteiger partial charge in [-0.05, 0) is 34.4 Å². The van der Waals surface area contributed by atoms with Gasteiger partial charge in [-0.3, -0.25) is 0 Å². The van der Waals surface area contributed by atoms with Gasteiger partial charge in [-0.25, -0.2) is 0 Å². The molecule has 1 unspecified atom stereocenters. The van der Waals surface area contributed by atoms with E-state index in [1.165, 1.54) is 0 Å². The SMILES string of the molecule is COc1ccc(-c2ccccc2)c(C(Cl)c2ccccc2)c1. The van der Waals surface area contributed by atoms with E-state index in [1.54, 1.807) is 7.11 Å². The van der Waals surface area contributed by atoms with E-state index in [9.17, 15) is 0 Å². The number of benzene rings is 3. The molecule has 0 fully saturated rings. The van der Waals surface area contributed by atoms with Crippen molar-refractivity contribution in [2.24, 2.45) is 0 Å². The average Bonchev–Trinajstić information content (AvgIpc) is 2.62. The van der Waals surface area contributed by atoms with Crippen molar-refractivity contribution in [2.45, 2.75) is 5.38 Å². The number of methoxy groups -OCH3 is 1. The average molecular weight is 309 g/mol. The minimum atomic E-state index is -0.216. The van der Waals surface area contributed by atoms with Crippen molar-refractivity contribution >= 4 is 11.6 Å². The lowest BCUT2D eigenvalue weighted by molar-refractivity contribution is 0.414. The Morgan fingerprint density at radius 2 is 1.45 bits per heavy atom. The van der Waals surface area contributed by atoms with E-state index in [2.05, 4.69) is 18.2 Å². The van der Waals surface area contributed by atoms with Gasteiger partial charge in [0.15, 0.2) is 0 Å². The molecule has 3 aromatic carbocycles. The van der Waals surface area contributed by atoms with Crippen molar-refractivity contribution in [1.82, 2.24) is 0 Å². The van der Waals surface area contributed by atoms with Gasteiger partial charge in [-0.15, -0.1) is 11.6 Å². The van der Waals surface area contributed by atoms with Gasteiger partial charge in [0.2, 0.25) is 0 Å². The smallest absolute Gasteiger partial charge is 0.119 e. The van der Waals surface area contributed by atoms with Crippen LogP contribution in [0.15, 0.2) is 78.9 Å². The molecule has 2 heteroatoms. The molecule has 0 aliphatic heterocycles. The number of halogens is 1. The molecule has 1 nitrogen and oxygen atoms in total. The Morgan fingerprint density at radius 3 is 2.09 bits per heavy atom. The summed E-state index contributed by atoms with van der Waals surface area (Å²) in [6.45, 7) is 0. The molecule has 22 heavy (non-hydrogen) atoms. The largest absolute Gasteiger partial charge is 0.497 e. The molecule has 110 valence electrons. The van der Waals surface area contributed by atoms with E-state index in [0.29, 0.717) is 0 Å². The van der Waals surface area contributed by atoms with E-state index in [1.807, 2.05) is 60.7 Å². The third kappa shape index (κ3) is 3.00. The van der Waals surface area contributed by atoms with Crippen molar-refractivity contribution < 1.29 is 4.74 Å². The van der Waals surface area contributed by atoms with Gasteiger partial charge in [0.25, 0.3) is 0 Å². The van der Waals surface area contributed by atoms with Crippen molar-refractivity contribution in [3.8, 4) is 16.9 Å². The second-order valence-corrected chi connectivity index (χ2v) is 5.53. The molecule has 0 aliphatic carbocycles. The van der Waals surface area contributed by atoms with E-state index < -0.39 is 0 Å². The van der Waals surface area contributed by atoms with Crippen LogP contribution < -0.4 is 4.74 Å². The van der Waals surface area contributed by atoms with Gasteiger partial charge in [0.1, 0.15) is 5.75 Å². The van der Waals surface area contributed by atoms with Crippen LogP contribution in [0, 0.1) is 0 Å². The van der Waals surface area contributed by atoms with Crippen LogP contribution in [0.2, 0.25) is 0 Å². The van der Waals surface area contributed by atoms with E-state index in [4.69, 9.17) is 16.3 Å². The quantitative estimate of drug-likeness (QED) is 0.562. The third-order valence-electron chi connectivity index (χ3n) is 3.71. The summed E-state index contributed by atoms with van der Waals surface area (Å²) in [7, 11) is 1.67. The van der Waals surface area contributed by atoms with Crippen molar-refractivity contribution in [3.63, 3.8) is 0 Å². The molecule has 0 saturated carbocycles. The first-order valence-corrected chi connectivity index (χ1v) is 7.65. The van der Waals surface area contributed by atoms with Gasteiger partial charge in [-0.1, -0.05) is 66.7 Å². The fourth-order valence-electron chi connectivity index (χ4n) is 2.56. The Bertz CT molecular complexity index is 738. The molecule has 1 atom stereocenters. The summed E-state index contributed by atoms with van der Waals surface area (Å²) in [5, 5.41) is -0.216. The predicted octanol–water partition coefficient (Wildman–Crippen LogP) is 5.69. The first-order chi connectivity index (χ1) is 10.8. The maximum atomic E-state index is 6.76. The molecule has 0 radical (unpaired) electrons. The molecule has 0 aromatic heterocycles. The predicted molar refractivity (Wildman–Crippen MR) is 92.6 cm³/mol. The molecule has 0 bridgehead atoms. The number of hydrogen-bond donors (Lipinski definition) is 0. The first-order valence-electron chi connectivity index (χ1n) is 7.22. The van der Waals surface area contributed by atoms with Crippen LogP contribution >= 0.6 is 11.6 Å². The second kappa shape index (κ2) is 6.67. The molecule has 0 N–H and O–H groups in total. The highest BCUT2D eigenvalue weighted by Crippen LogP contribution is 2.37. The maximum Gasteiger partial charge on any atom is 0.119 e. The summed E-state index contributed by atoms with van der Waals surface area (Å²) in [5.41, 5.74) is 4.42. The van der Waals surface area contributed by atoms with Crippen molar-refractivity contribution in [2.75, 3.05) is 7.11 Å². The minimum Gasteiger partial charge on any atom is -0.497 e. The van der Waals surface area contributed by atoms with Crippen molar-refractivity contribution in [3.05, 3.63) is 90.0 Å². The topological polar surface area (TPSA) is 9.23 Å². The van der Waals surface area contributed by atoms with Crippen molar-refractivity contribution in [1.29, 1.82) is 0 Å². The summed E-state index contributed by atoms with van der Waals surface area (Å²) in [4.78, 5) is 0. The van der Waals surface area contributed by atoms with E-state index in [0.717, 1.165) is 28.0 Å². The lowest BCUT2D eigenvalue weighted by Gasteiger charge is -2.17. The molecular weight excluding hydrogens is 292 g/mol. The van der Waals surface area contributed by atoms with E-state index >= 15 is 0 Å². The molecule has 0 spiro atoms. The van der Waals surface area contributed by atoms with Crippen LogP contribution in [0.1, 0.15) is 16.5 Å². The van der Waals surface area contributed by atoms with Gasteiger partial charge < -0.3 is 4.74 Å². The maximum absolute atomic E-state index is 6.76. The number of rotatable bonds is 4. The monoisotopic (exact) mass is 308 g/mol. The summed E-state index contributed by atoms with van der Waals surface area (Å²) in [6.07, 6.45) is 0. The zero-order chi connectivity index (χ0) is 15.4. The Hall–Kier alpha value is -2.25. The first kappa shape index (κ1) is 14.7. The highest BCUT2D eigenvalue weighted by molar-refractivity contribution is 6.23. The lowest BCUT2D eigenvalue weighted by Crippen LogP contribution is -1.97. The minimum absolute atomic E-state index is 0.216. The fourth-order valence-corrected chi connectivity index (χ4v) is 2.89. The summed E-state index contributed by atoms with van der Waals surface area (Å²) >= 11 is 6.76. The van der Waals surface area contributed by atoms with Gasteiger partial charge >= 0.3 is 0 Å². The van der Waals surface area contributed by atoms with Gasteiger partial charge in [0.05, 0.1) is 12.5 Å². The van der Waals surface area contributed by atoms with Gasteiger partial charge in [-0.2, -0.15) is 0 Å². The molecule has 0 saturated heterocycles. The standard InChI is InChI=1S/C20H17ClO/c1-22-17-12-13-18(15-8-4-2-5-9-15)19(14-17)20(21)16-10-6-3-7-11-16/h2-14,20H,1H3. The van der Waals surface area contributed by atoms with Crippen LogP contribution in [-0.2, 0) is 0 Å².